The zero-order chi connectivity index (χ0) is 27.0. The van der Waals surface area contributed by atoms with Crippen molar-refractivity contribution >= 4 is 56.2 Å². The van der Waals surface area contributed by atoms with Crippen LogP contribution in [0.15, 0.2) is 65.2 Å². The van der Waals surface area contributed by atoms with E-state index in [-0.39, 0.29) is 12.3 Å². The molecule has 2 aliphatic rings. The highest BCUT2D eigenvalue weighted by Gasteiger charge is 2.39. The summed E-state index contributed by atoms with van der Waals surface area (Å²) in [5.41, 5.74) is 9.88. The van der Waals surface area contributed by atoms with E-state index in [0.29, 0.717) is 11.5 Å². The van der Waals surface area contributed by atoms with Crippen LogP contribution in [0.5, 0.6) is 0 Å². The standard InChI is InChI=1S/C32H34N6O/c1-7-35-21(5)37(27-15-11-9-13-25(27)35)29-17-23-24-18-33-20(4)34-32(24)39-31(23)30(19(29)3)38-22(6)36(8-2)26-14-10-12-16-28(26)38/h9-18,21-22H,7-8H2,1-6H3/t21-,22+/m1/s1. The number of fused-ring (bicyclic) bond motifs is 5. The SMILES string of the molecule is CCN1c2ccccc2N(c2cc3c(oc4nc(C)ncc43)c(N3c4ccccc4N(CC)[C@@H]3C)c2C)[C@@H]1C. The maximum absolute atomic E-state index is 6.61. The Balaban J connectivity index is 1.56. The predicted octanol–water partition coefficient (Wildman–Crippen LogP) is 7.64. The normalized spacial score (nSPS) is 18.5. The van der Waals surface area contributed by atoms with Crippen LogP contribution in [-0.4, -0.2) is 35.4 Å². The lowest BCUT2D eigenvalue weighted by Crippen LogP contribution is -2.40. The lowest BCUT2D eigenvalue weighted by molar-refractivity contribution is 0.641. The van der Waals surface area contributed by atoms with Gasteiger partial charge < -0.3 is 24.0 Å². The van der Waals surface area contributed by atoms with Crippen LogP contribution in [-0.2, 0) is 0 Å². The lowest BCUT2D eigenvalue weighted by atomic mass is 10.0. The highest BCUT2D eigenvalue weighted by molar-refractivity contribution is 6.12. The first-order chi connectivity index (χ1) is 18.9. The minimum absolute atomic E-state index is 0.126. The molecule has 2 aromatic heterocycles. The third kappa shape index (κ3) is 3.22. The van der Waals surface area contributed by atoms with Gasteiger partial charge in [0.25, 0.3) is 0 Å². The van der Waals surface area contributed by atoms with E-state index >= 15 is 0 Å². The molecular formula is C32H34N6O. The molecule has 198 valence electrons. The number of nitrogens with zero attached hydrogens (tertiary/aromatic N) is 6. The van der Waals surface area contributed by atoms with Gasteiger partial charge >= 0.3 is 0 Å². The van der Waals surface area contributed by atoms with Crippen LogP contribution in [0.25, 0.3) is 22.1 Å². The Kier molecular flexibility index (Phi) is 5.27. The predicted molar refractivity (Wildman–Crippen MR) is 161 cm³/mol. The van der Waals surface area contributed by atoms with Crippen molar-refractivity contribution < 1.29 is 4.42 Å². The van der Waals surface area contributed by atoms with E-state index < -0.39 is 0 Å². The van der Waals surface area contributed by atoms with Crippen molar-refractivity contribution in [3.63, 3.8) is 0 Å². The minimum Gasteiger partial charge on any atom is -0.435 e. The Morgan fingerprint density at radius 1 is 0.744 bits per heavy atom. The summed E-state index contributed by atoms with van der Waals surface area (Å²) < 4.78 is 6.61. The number of aromatic nitrogens is 2. The smallest absolute Gasteiger partial charge is 0.230 e. The van der Waals surface area contributed by atoms with Crippen LogP contribution >= 0.6 is 0 Å². The summed E-state index contributed by atoms with van der Waals surface area (Å²) in [5, 5.41) is 1.98. The van der Waals surface area contributed by atoms with E-state index in [1.807, 2.05) is 13.1 Å². The molecule has 0 saturated heterocycles. The molecular weight excluding hydrogens is 484 g/mol. The molecule has 7 heteroatoms. The Morgan fingerprint density at radius 3 is 1.92 bits per heavy atom. The average molecular weight is 519 g/mol. The van der Waals surface area contributed by atoms with Gasteiger partial charge in [0, 0.05) is 35.9 Å². The van der Waals surface area contributed by atoms with Crippen LogP contribution in [0.1, 0.15) is 39.1 Å². The number of anilines is 6. The number of benzene rings is 3. The molecule has 7 rings (SSSR count). The Morgan fingerprint density at radius 2 is 1.31 bits per heavy atom. The number of para-hydroxylation sites is 4. The van der Waals surface area contributed by atoms with Gasteiger partial charge in [0.15, 0.2) is 5.58 Å². The monoisotopic (exact) mass is 518 g/mol. The molecule has 0 saturated carbocycles. The summed E-state index contributed by atoms with van der Waals surface area (Å²) in [6.07, 6.45) is 2.20. The molecule has 0 spiro atoms. The molecule has 0 N–H and O–H groups in total. The van der Waals surface area contributed by atoms with Gasteiger partial charge in [-0.25, -0.2) is 4.98 Å². The van der Waals surface area contributed by atoms with Crippen molar-refractivity contribution in [3.8, 4) is 0 Å². The summed E-state index contributed by atoms with van der Waals surface area (Å²) in [5.74, 6) is 0.706. The van der Waals surface area contributed by atoms with Crippen molar-refractivity contribution in [2.45, 2.75) is 53.9 Å². The van der Waals surface area contributed by atoms with Crippen molar-refractivity contribution in [1.82, 2.24) is 9.97 Å². The van der Waals surface area contributed by atoms with E-state index in [0.717, 1.165) is 35.1 Å². The lowest BCUT2D eigenvalue weighted by Gasteiger charge is -2.34. The third-order valence-corrected chi connectivity index (χ3v) is 8.58. The zero-order valence-corrected chi connectivity index (χ0v) is 23.4. The van der Waals surface area contributed by atoms with E-state index in [1.54, 1.807) is 0 Å². The van der Waals surface area contributed by atoms with Crippen molar-refractivity contribution in [2.24, 2.45) is 0 Å². The molecule has 0 radical (unpaired) electrons. The van der Waals surface area contributed by atoms with E-state index in [2.05, 4.69) is 119 Å². The number of aryl methyl sites for hydroxylation is 1. The van der Waals surface area contributed by atoms with Gasteiger partial charge in [0.2, 0.25) is 5.71 Å². The first-order valence-corrected chi connectivity index (χ1v) is 13.9. The van der Waals surface area contributed by atoms with E-state index in [1.165, 1.54) is 34.0 Å². The largest absolute Gasteiger partial charge is 0.435 e. The fraction of sp³-hybridized carbons (Fsp3) is 0.312. The summed E-state index contributed by atoms with van der Waals surface area (Å²) >= 11 is 0. The topological polar surface area (TPSA) is 51.9 Å². The summed E-state index contributed by atoms with van der Waals surface area (Å²) in [7, 11) is 0. The molecule has 5 aromatic rings. The second-order valence-corrected chi connectivity index (χ2v) is 10.5. The zero-order valence-electron chi connectivity index (χ0n) is 23.4. The first-order valence-electron chi connectivity index (χ1n) is 13.9. The fourth-order valence-corrected chi connectivity index (χ4v) is 6.79. The molecule has 0 aliphatic carbocycles. The van der Waals surface area contributed by atoms with Gasteiger partial charge in [-0.1, -0.05) is 24.3 Å². The van der Waals surface area contributed by atoms with Crippen molar-refractivity contribution in [3.05, 3.63) is 72.2 Å². The van der Waals surface area contributed by atoms with E-state index in [9.17, 15) is 0 Å². The minimum atomic E-state index is 0.126. The molecule has 0 fully saturated rings. The van der Waals surface area contributed by atoms with Crippen molar-refractivity contribution in [1.29, 1.82) is 0 Å². The second kappa shape index (κ2) is 8.63. The summed E-state index contributed by atoms with van der Waals surface area (Å²) in [6, 6.07) is 19.7. The molecule has 2 aliphatic heterocycles. The highest BCUT2D eigenvalue weighted by atomic mass is 16.3. The van der Waals surface area contributed by atoms with Crippen LogP contribution in [0, 0.1) is 13.8 Å². The van der Waals surface area contributed by atoms with Crippen LogP contribution in [0.4, 0.5) is 34.1 Å². The quantitative estimate of drug-likeness (QED) is 0.242. The number of furan rings is 1. The molecule has 7 nitrogen and oxygen atoms in total. The highest BCUT2D eigenvalue weighted by Crippen LogP contribution is 2.53. The summed E-state index contributed by atoms with van der Waals surface area (Å²) in [6.45, 7) is 15.0. The molecule has 39 heavy (non-hydrogen) atoms. The third-order valence-electron chi connectivity index (χ3n) is 8.58. The Bertz CT molecular complexity index is 1740. The first kappa shape index (κ1) is 23.8. The number of hydrogen-bond acceptors (Lipinski definition) is 7. The molecule has 0 amide bonds. The van der Waals surface area contributed by atoms with Gasteiger partial charge in [0.1, 0.15) is 18.2 Å². The number of rotatable bonds is 4. The van der Waals surface area contributed by atoms with E-state index in [4.69, 9.17) is 4.42 Å². The van der Waals surface area contributed by atoms with Gasteiger partial charge in [-0.05, 0) is 71.9 Å². The van der Waals surface area contributed by atoms with Gasteiger partial charge in [-0.3, -0.25) is 0 Å². The second-order valence-electron chi connectivity index (χ2n) is 10.5. The molecule has 0 unspecified atom stereocenters. The van der Waals surface area contributed by atoms with Crippen LogP contribution in [0.2, 0.25) is 0 Å². The Labute approximate surface area is 229 Å². The molecule has 2 atom stereocenters. The Hall–Kier alpha value is -4.26. The maximum Gasteiger partial charge on any atom is 0.230 e. The summed E-state index contributed by atoms with van der Waals surface area (Å²) in [4.78, 5) is 19.1. The average Bonchev–Trinajstić information content (AvgIpc) is 3.53. The van der Waals surface area contributed by atoms with Crippen molar-refractivity contribution in [2.75, 3.05) is 32.7 Å². The van der Waals surface area contributed by atoms with Crippen LogP contribution in [0.3, 0.4) is 0 Å². The van der Waals surface area contributed by atoms with Gasteiger partial charge in [0.05, 0.1) is 33.8 Å². The molecule has 0 bridgehead atoms. The number of hydrogen-bond donors (Lipinski definition) is 0. The maximum atomic E-state index is 6.61. The van der Waals surface area contributed by atoms with Gasteiger partial charge in [-0.2, -0.15) is 4.98 Å². The fourth-order valence-electron chi connectivity index (χ4n) is 6.79. The van der Waals surface area contributed by atoms with Gasteiger partial charge in [-0.15, -0.1) is 0 Å². The molecule has 3 aromatic carbocycles. The van der Waals surface area contributed by atoms with Crippen LogP contribution < -0.4 is 19.6 Å². The molecule has 4 heterocycles.